The third kappa shape index (κ3) is 3.23. The molecule has 1 aromatic carbocycles. The Bertz CT molecular complexity index is 539. The molecule has 0 aliphatic rings. The van der Waals surface area contributed by atoms with E-state index in [0.29, 0.717) is 35.2 Å². The average molecular weight is 264 g/mol. The van der Waals surface area contributed by atoms with E-state index in [9.17, 15) is 5.11 Å². The predicted molar refractivity (Wildman–Crippen MR) is 66.9 cm³/mol. The van der Waals surface area contributed by atoms with Crippen LogP contribution in [0.5, 0.6) is 11.5 Å². The predicted octanol–water partition coefficient (Wildman–Crippen LogP) is 1.71. The molecule has 6 nitrogen and oxygen atoms in total. The number of aliphatic hydroxyl groups excluding tert-OH is 1. The Morgan fingerprint density at radius 3 is 2.84 bits per heavy atom. The van der Waals surface area contributed by atoms with Crippen LogP contribution in [-0.2, 0) is 19.6 Å². The number of aryl methyl sites for hydroxylation is 1. The van der Waals surface area contributed by atoms with Crippen LogP contribution in [0, 0.1) is 0 Å². The molecule has 0 saturated carbocycles. The van der Waals surface area contributed by atoms with E-state index in [1.54, 1.807) is 25.3 Å². The fourth-order valence-electron chi connectivity index (χ4n) is 1.58. The minimum Gasteiger partial charge on any atom is -0.497 e. The molecule has 6 heteroatoms. The van der Waals surface area contributed by atoms with Crippen molar-refractivity contribution in [1.29, 1.82) is 0 Å². The first-order valence-corrected chi connectivity index (χ1v) is 5.98. The molecule has 0 spiro atoms. The summed E-state index contributed by atoms with van der Waals surface area (Å²) in [6, 6.07) is 5.23. The van der Waals surface area contributed by atoms with Gasteiger partial charge in [0.25, 0.3) is 0 Å². The number of nitrogens with zero attached hydrogens (tertiary/aromatic N) is 2. The van der Waals surface area contributed by atoms with Crippen LogP contribution in [0.3, 0.4) is 0 Å². The molecule has 0 amide bonds. The molecule has 102 valence electrons. The van der Waals surface area contributed by atoms with E-state index < -0.39 is 0 Å². The van der Waals surface area contributed by atoms with Crippen LogP contribution in [0.2, 0.25) is 0 Å². The van der Waals surface area contributed by atoms with Crippen molar-refractivity contribution in [2.24, 2.45) is 0 Å². The van der Waals surface area contributed by atoms with Gasteiger partial charge in [-0.15, -0.1) is 0 Å². The normalized spacial score (nSPS) is 10.5. The monoisotopic (exact) mass is 264 g/mol. The lowest BCUT2D eigenvalue weighted by molar-refractivity contribution is 0.252. The van der Waals surface area contributed by atoms with Gasteiger partial charge in [0.15, 0.2) is 6.61 Å². The smallest absolute Gasteiger partial charge is 0.226 e. The van der Waals surface area contributed by atoms with Crippen molar-refractivity contribution in [2.75, 3.05) is 7.11 Å². The maximum Gasteiger partial charge on any atom is 0.226 e. The molecule has 1 aromatic heterocycles. The first-order chi connectivity index (χ1) is 9.26. The Morgan fingerprint density at radius 2 is 2.21 bits per heavy atom. The summed E-state index contributed by atoms with van der Waals surface area (Å²) in [5.74, 6) is 2.31. The van der Waals surface area contributed by atoms with Gasteiger partial charge >= 0.3 is 0 Å². The Labute approximate surface area is 111 Å². The second-order valence-electron chi connectivity index (χ2n) is 3.88. The van der Waals surface area contributed by atoms with E-state index in [0.717, 1.165) is 0 Å². The second kappa shape index (κ2) is 6.19. The third-order valence-corrected chi connectivity index (χ3v) is 2.61. The number of ether oxygens (including phenoxy) is 2. The summed E-state index contributed by atoms with van der Waals surface area (Å²) in [5.41, 5.74) is 0.651. The number of hydrogen-bond donors (Lipinski definition) is 1. The van der Waals surface area contributed by atoms with Crippen molar-refractivity contribution >= 4 is 0 Å². The summed E-state index contributed by atoms with van der Waals surface area (Å²) in [6.07, 6.45) is 0.692. The van der Waals surface area contributed by atoms with Crippen LogP contribution in [0.15, 0.2) is 22.7 Å². The zero-order chi connectivity index (χ0) is 13.7. The summed E-state index contributed by atoms with van der Waals surface area (Å²) in [4.78, 5) is 4.14. The molecule has 0 aliphatic carbocycles. The van der Waals surface area contributed by atoms with Crippen LogP contribution in [-0.4, -0.2) is 22.4 Å². The number of benzene rings is 1. The van der Waals surface area contributed by atoms with Crippen molar-refractivity contribution in [3.63, 3.8) is 0 Å². The lowest BCUT2D eigenvalue weighted by atomic mass is 10.2. The van der Waals surface area contributed by atoms with Gasteiger partial charge in [0, 0.05) is 12.0 Å². The maximum atomic E-state index is 9.29. The minimum atomic E-state index is -0.126. The van der Waals surface area contributed by atoms with Crippen LogP contribution in [0.4, 0.5) is 0 Å². The van der Waals surface area contributed by atoms with Gasteiger partial charge < -0.3 is 19.1 Å². The Kier molecular flexibility index (Phi) is 4.35. The zero-order valence-corrected chi connectivity index (χ0v) is 10.9. The van der Waals surface area contributed by atoms with Gasteiger partial charge in [-0.25, -0.2) is 0 Å². The van der Waals surface area contributed by atoms with Gasteiger partial charge in [-0.2, -0.15) is 4.98 Å². The van der Waals surface area contributed by atoms with Crippen molar-refractivity contribution < 1.29 is 19.1 Å². The quantitative estimate of drug-likeness (QED) is 0.855. The van der Waals surface area contributed by atoms with Gasteiger partial charge in [-0.3, -0.25) is 0 Å². The lowest BCUT2D eigenvalue weighted by Gasteiger charge is -2.09. The molecule has 1 N–H and O–H groups in total. The summed E-state index contributed by atoms with van der Waals surface area (Å²) >= 11 is 0. The Balaban J connectivity index is 2.06. The van der Waals surface area contributed by atoms with Crippen LogP contribution in [0.25, 0.3) is 0 Å². The highest BCUT2D eigenvalue weighted by molar-refractivity contribution is 5.39. The summed E-state index contributed by atoms with van der Waals surface area (Å²) in [7, 11) is 1.57. The maximum absolute atomic E-state index is 9.29. The summed E-state index contributed by atoms with van der Waals surface area (Å²) in [6.45, 7) is 2.01. The molecule has 0 atom stereocenters. The first-order valence-electron chi connectivity index (χ1n) is 5.98. The molecule has 2 rings (SSSR count). The second-order valence-corrected chi connectivity index (χ2v) is 3.88. The van der Waals surface area contributed by atoms with E-state index in [1.807, 2.05) is 6.92 Å². The molecule has 0 aliphatic heterocycles. The van der Waals surface area contributed by atoms with Crippen molar-refractivity contribution in [3.05, 3.63) is 35.5 Å². The largest absolute Gasteiger partial charge is 0.497 e. The number of aliphatic hydroxyl groups is 1. The fourth-order valence-corrected chi connectivity index (χ4v) is 1.58. The van der Waals surface area contributed by atoms with Crippen molar-refractivity contribution in [1.82, 2.24) is 10.1 Å². The highest BCUT2D eigenvalue weighted by Crippen LogP contribution is 2.24. The van der Waals surface area contributed by atoms with Gasteiger partial charge in [-0.05, 0) is 18.2 Å². The fraction of sp³-hybridized carbons (Fsp3) is 0.385. The number of aromatic nitrogens is 2. The third-order valence-electron chi connectivity index (χ3n) is 2.61. The number of methoxy groups -OCH3 is 1. The molecule has 2 aromatic rings. The summed E-state index contributed by atoms with van der Waals surface area (Å²) < 4.78 is 15.6. The molecule has 0 bridgehead atoms. The van der Waals surface area contributed by atoms with Gasteiger partial charge in [0.1, 0.15) is 11.5 Å². The lowest BCUT2D eigenvalue weighted by Crippen LogP contribution is -2.01. The molecule has 0 saturated heterocycles. The molecule has 1 heterocycles. The van der Waals surface area contributed by atoms with Crippen molar-refractivity contribution in [3.8, 4) is 11.5 Å². The molecule has 0 fully saturated rings. The minimum absolute atomic E-state index is 0.126. The standard InChI is InChI=1S/C13H16N2O4/c1-3-13-14-12(15-19-13)8-18-11-5-4-10(17-2)6-9(11)7-16/h4-6,16H,3,7-8H2,1-2H3. The molecular weight excluding hydrogens is 248 g/mol. The van der Waals surface area contributed by atoms with Crippen LogP contribution in [0.1, 0.15) is 24.2 Å². The van der Waals surface area contributed by atoms with E-state index in [2.05, 4.69) is 10.1 Å². The zero-order valence-electron chi connectivity index (χ0n) is 10.9. The van der Waals surface area contributed by atoms with Gasteiger partial charge in [-0.1, -0.05) is 12.1 Å². The Morgan fingerprint density at radius 1 is 1.37 bits per heavy atom. The van der Waals surface area contributed by atoms with E-state index in [-0.39, 0.29) is 13.2 Å². The highest BCUT2D eigenvalue weighted by atomic mass is 16.5. The van der Waals surface area contributed by atoms with Crippen LogP contribution < -0.4 is 9.47 Å². The molecule has 0 radical (unpaired) electrons. The van der Waals surface area contributed by atoms with E-state index in [1.165, 1.54) is 0 Å². The summed E-state index contributed by atoms with van der Waals surface area (Å²) in [5, 5.41) is 13.1. The topological polar surface area (TPSA) is 77.6 Å². The first kappa shape index (κ1) is 13.4. The van der Waals surface area contributed by atoms with Gasteiger partial charge in [0.05, 0.1) is 13.7 Å². The molecular formula is C13H16N2O4. The number of hydrogen-bond acceptors (Lipinski definition) is 6. The SMILES string of the molecule is CCc1nc(COc2ccc(OC)cc2CO)no1. The van der Waals surface area contributed by atoms with E-state index >= 15 is 0 Å². The van der Waals surface area contributed by atoms with Crippen molar-refractivity contribution in [2.45, 2.75) is 26.6 Å². The average Bonchev–Trinajstić information content (AvgIpc) is 2.92. The number of rotatable bonds is 6. The molecule has 0 unspecified atom stereocenters. The van der Waals surface area contributed by atoms with Crippen LogP contribution >= 0.6 is 0 Å². The molecule has 19 heavy (non-hydrogen) atoms. The highest BCUT2D eigenvalue weighted by Gasteiger charge is 2.08. The van der Waals surface area contributed by atoms with E-state index in [4.69, 9.17) is 14.0 Å². The Hall–Kier alpha value is -2.08. The van der Waals surface area contributed by atoms with Gasteiger partial charge in [0.2, 0.25) is 11.7 Å².